The van der Waals surface area contributed by atoms with E-state index in [4.69, 9.17) is 5.41 Å². The number of ketones is 1. The molecule has 5 heteroatoms. The lowest BCUT2D eigenvalue weighted by atomic mass is 9.48. The van der Waals surface area contributed by atoms with Gasteiger partial charge in [0.1, 0.15) is 0 Å². The molecule has 0 saturated heterocycles. The Morgan fingerprint density at radius 3 is 2.69 bits per heavy atom. The van der Waals surface area contributed by atoms with Gasteiger partial charge in [0, 0.05) is 12.1 Å². The highest BCUT2D eigenvalue weighted by Gasteiger charge is 2.58. The maximum absolute atomic E-state index is 12.9. The number of hydrazone groups is 1. The van der Waals surface area contributed by atoms with Crippen molar-refractivity contribution < 1.29 is 9.90 Å². The summed E-state index contributed by atoms with van der Waals surface area (Å²) in [5.74, 6) is 4.27. The Morgan fingerprint density at radius 2 is 1.93 bits per heavy atom. The first-order valence-corrected chi connectivity index (χ1v) is 11.9. The molecule has 0 aromatic carbocycles. The van der Waals surface area contributed by atoms with E-state index in [9.17, 15) is 9.90 Å². The van der Waals surface area contributed by atoms with Crippen LogP contribution in [0.25, 0.3) is 0 Å². The average molecular weight is 402 g/mol. The number of nitrogens with zero attached hydrogens (tertiary/aromatic N) is 1. The molecule has 0 radical (unpaired) electrons. The lowest BCUT2D eigenvalue weighted by Crippen LogP contribution is -2.51. The van der Waals surface area contributed by atoms with Crippen molar-refractivity contribution in [3.63, 3.8) is 0 Å². The summed E-state index contributed by atoms with van der Waals surface area (Å²) >= 11 is 0. The third kappa shape index (κ3) is 3.68. The highest BCUT2D eigenvalue weighted by atomic mass is 16.3. The second-order valence-electron chi connectivity index (χ2n) is 10.7. The van der Waals surface area contributed by atoms with Crippen molar-refractivity contribution in [2.45, 2.75) is 83.7 Å². The second-order valence-corrected chi connectivity index (χ2v) is 10.7. The molecule has 0 bridgehead atoms. The highest BCUT2D eigenvalue weighted by molar-refractivity contribution is 6.14. The lowest BCUT2D eigenvalue weighted by Gasteiger charge is -2.57. The van der Waals surface area contributed by atoms with Gasteiger partial charge in [-0.05, 0) is 99.2 Å². The summed E-state index contributed by atoms with van der Waals surface area (Å²) in [4.78, 5) is 12.9. The van der Waals surface area contributed by atoms with E-state index in [0.717, 1.165) is 49.7 Å². The van der Waals surface area contributed by atoms with E-state index in [0.29, 0.717) is 17.6 Å². The summed E-state index contributed by atoms with van der Waals surface area (Å²) in [5.41, 5.74) is 2.57. The predicted octanol–water partition coefficient (Wildman–Crippen LogP) is 4.19. The van der Waals surface area contributed by atoms with Gasteiger partial charge in [-0.25, -0.2) is 0 Å². The molecule has 0 aliphatic heterocycles. The first-order chi connectivity index (χ1) is 13.9. The standard InChI is InChI=1S/C24H39N3O2/c1-3-24(29)11-9-17-16(14-24)4-5-19-18(17)8-10-23(2)20(19)6-7-21(23)22(28)15-27-26-13-12-25/h12-13,16-21,25,27,29H,3-11,14-15H2,1-2H3. The highest BCUT2D eigenvalue weighted by Crippen LogP contribution is 2.64. The summed E-state index contributed by atoms with van der Waals surface area (Å²) in [5, 5.41) is 21.7. The minimum Gasteiger partial charge on any atom is -0.390 e. The smallest absolute Gasteiger partial charge is 0.157 e. The van der Waals surface area contributed by atoms with Crippen LogP contribution in [0.15, 0.2) is 5.10 Å². The average Bonchev–Trinajstić information content (AvgIpc) is 3.08. The van der Waals surface area contributed by atoms with Crippen LogP contribution in [0.2, 0.25) is 0 Å². The molecule has 8 unspecified atom stereocenters. The van der Waals surface area contributed by atoms with Gasteiger partial charge in [-0.1, -0.05) is 13.8 Å². The molecule has 3 N–H and O–H groups in total. The van der Waals surface area contributed by atoms with Crippen LogP contribution in [0.4, 0.5) is 0 Å². The second kappa shape index (κ2) is 8.13. The number of rotatable bonds is 6. The van der Waals surface area contributed by atoms with E-state index in [1.165, 1.54) is 44.7 Å². The normalized spacial score (nSPS) is 46.6. The van der Waals surface area contributed by atoms with Gasteiger partial charge in [0.05, 0.1) is 18.4 Å². The molecule has 4 aliphatic carbocycles. The molecule has 0 heterocycles. The van der Waals surface area contributed by atoms with Gasteiger partial charge in [0.15, 0.2) is 5.78 Å². The van der Waals surface area contributed by atoms with Crippen molar-refractivity contribution in [2.24, 2.45) is 46.0 Å². The molecule has 0 aromatic rings. The van der Waals surface area contributed by atoms with Crippen molar-refractivity contribution in [1.82, 2.24) is 5.43 Å². The number of carbonyl (C=O) groups is 1. The van der Waals surface area contributed by atoms with Gasteiger partial charge in [0.2, 0.25) is 0 Å². The van der Waals surface area contributed by atoms with Crippen molar-refractivity contribution in [3.8, 4) is 0 Å². The lowest BCUT2D eigenvalue weighted by molar-refractivity contribution is -0.132. The Balaban J connectivity index is 1.43. The SMILES string of the molecule is CCC1(O)CCC2C(CCC3C2CCC2(C)C(C(=O)CNN=CC=N)CCC32)C1. The molecular weight excluding hydrogens is 362 g/mol. The summed E-state index contributed by atoms with van der Waals surface area (Å²) < 4.78 is 0. The van der Waals surface area contributed by atoms with Crippen LogP contribution in [0.5, 0.6) is 0 Å². The van der Waals surface area contributed by atoms with E-state index < -0.39 is 5.60 Å². The number of aliphatic hydroxyl groups is 1. The molecule has 0 spiro atoms. The Hall–Kier alpha value is -1.23. The Morgan fingerprint density at radius 1 is 1.14 bits per heavy atom. The molecule has 162 valence electrons. The summed E-state index contributed by atoms with van der Waals surface area (Å²) in [6.07, 6.45) is 13.9. The van der Waals surface area contributed by atoms with Crippen LogP contribution >= 0.6 is 0 Å². The van der Waals surface area contributed by atoms with Crippen LogP contribution in [0.1, 0.15) is 78.1 Å². The zero-order chi connectivity index (χ0) is 20.6. The number of hydrogen-bond donors (Lipinski definition) is 3. The number of carbonyl (C=O) groups excluding carboxylic acids is 1. The largest absolute Gasteiger partial charge is 0.390 e. The van der Waals surface area contributed by atoms with Gasteiger partial charge < -0.3 is 15.9 Å². The molecule has 29 heavy (non-hydrogen) atoms. The molecule has 5 nitrogen and oxygen atoms in total. The monoisotopic (exact) mass is 401 g/mol. The maximum Gasteiger partial charge on any atom is 0.157 e. The third-order valence-electron chi connectivity index (χ3n) is 9.64. The Bertz CT molecular complexity index is 665. The summed E-state index contributed by atoms with van der Waals surface area (Å²) in [6, 6.07) is 0. The van der Waals surface area contributed by atoms with Crippen LogP contribution in [0.3, 0.4) is 0 Å². The van der Waals surface area contributed by atoms with Gasteiger partial charge in [-0.3, -0.25) is 4.79 Å². The zero-order valence-electron chi connectivity index (χ0n) is 18.2. The third-order valence-corrected chi connectivity index (χ3v) is 9.64. The fourth-order valence-electron chi connectivity index (χ4n) is 8.15. The number of nitrogens with one attached hydrogen (secondary N) is 2. The topological polar surface area (TPSA) is 85.5 Å². The molecular formula is C24H39N3O2. The first kappa shape index (κ1) is 21.0. The molecule has 0 aromatic heterocycles. The van der Waals surface area contributed by atoms with Gasteiger partial charge in [-0.2, -0.15) is 5.10 Å². The molecule has 4 fully saturated rings. The zero-order valence-corrected chi connectivity index (χ0v) is 18.2. The van der Waals surface area contributed by atoms with E-state index >= 15 is 0 Å². The van der Waals surface area contributed by atoms with Crippen LogP contribution in [-0.2, 0) is 4.79 Å². The van der Waals surface area contributed by atoms with Crippen molar-refractivity contribution in [1.29, 1.82) is 5.41 Å². The summed E-state index contributed by atoms with van der Waals surface area (Å²) in [7, 11) is 0. The molecule has 4 aliphatic rings. The quantitative estimate of drug-likeness (QED) is 0.461. The first-order valence-electron chi connectivity index (χ1n) is 11.9. The van der Waals surface area contributed by atoms with E-state index in [2.05, 4.69) is 24.4 Å². The number of fused-ring (bicyclic) bond motifs is 5. The fourth-order valence-corrected chi connectivity index (χ4v) is 8.15. The van der Waals surface area contributed by atoms with Crippen molar-refractivity contribution in [3.05, 3.63) is 0 Å². The van der Waals surface area contributed by atoms with Gasteiger partial charge in [0.25, 0.3) is 0 Å². The van der Waals surface area contributed by atoms with E-state index in [1.54, 1.807) is 0 Å². The minimum absolute atomic E-state index is 0.150. The molecule has 8 atom stereocenters. The van der Waals surface area contributed by atoms with Crippen LogP contribution < -0.4 is 5.43 Å². The number of Topliss-reactive ketones (excluding diaryl/α,β-unsaturated/α-hetero) is 1. The molecule has 4 saturated carbocycles. The van der Waals surface area contributed by atoms with Crippen LogP contribution in [-0.4, -0.2) is 35.5 Å². The predicted molar refractivity (Wildman–Crippen MR) is 116 cm³/mol. The Labute approximate surface area is 175 Å². The molecule has 4 rings (SSSR count). The minimum atomic E-state index is -0.407. The van der Waals surface area contributed by atoms with Crippen molar-refractivity contribution >= 4 is 18.2 Å². The summed E-state index contributed by atoms with van der Waals surface area (Å²) in [6.45, 7) is 4.82. The van der Waals surface area contributed by atoms with Crippen molar-refractivity contribution in [2.75, 3.05) is 6.54 Å². The van der Waals surface area contributed by atoms with E-state index in [-0.39, 0.29) is 17.9 Å². The number of hydrogen-bond acceptors (Lipinski definition) is 5. The van der Waals surface area contributed by atoms with Crippen LogP contribution in [0, 0.1) is 46.3 Å². The maximum atomic E-state index is 12.9. The molecule has 0 amide bonds. The van der Waals surface area contributed by atoms with Gasteiger partial charge >= 0.3 is 0 Å². The van der Waals surface area contributed by atoms with Gasteiger partial charge in [-0.15, -0.1) is 0 Å². The van der Waals surface area contributed by atoms with E-state index in [1.807, 2.05) is 0 Å². The fraction of sp³-hybridized carbons (Fsp3) is 0.875. The Kier molecular flexibility index (Phi) is 5.89.